The number of carbonyl (C=O) groups is 1. The Morgan fingerprint density at radius 2 is 2.42 bits per heavy atom. The van der Waals surface area contributed by atoms with Crippen molar-refractivity contribution in [1.82, 2.24) is 9.88 Å². The fourth-order valence-corrected chi connectivity index (χ4v) is 3.65. The van der Waals surface area contributed by atoms with E-state index in [2.05, 4.69) is 9.88 Å². The Labute approximate surface area is 112 Å². The number of aromatic nitrogens is 1. The SMILES string of the molecule is COC(=O)[C@@H]1[C@@H]2CCC[C@@H]2CN1Cc1ncc(C)o1. The number of hydrogen-bond donors (Lipinski definition) is 0. The van der Waals surface area contributed by atoms with Gasteiger partial charge < -0.3 is 9.15 Å². The Morgan fingerprint density at radius 3 is 3.11 bits per heavy atom. The molecule has 0 spiro atoms. The summed E-state index contributed by atoms with van der Waals surface area (Å²) in [7, 11) is 1.47. The second kappa shape index (κ2) is 4.96. The van der Waals surface area contributed by atoms with E-state index in [1.807, 2.05) is 6.92 Å². The minimum absolute atomic E-state index is 0.113. The van der Waals surface area contributed by atoms with Crippen LogP contribution in [0, 0.1) is 18.8 Å². The molecule has 0 amide bonds. The molecule has 1 aromatic rings. The Bertz CT molecular complexity index is 471. The number of hydrogen-bond acceptors (Lipinski definition) is 5. The zero-order valence-electron chi connectivity index (χ0n) is 11.5. The van der Waals surface area contributed by atoms with Gasteiger partial charge in [-0.2, -0.15) is 0 Å². The standard InChI is InChI=1S/C14H20N2O3/c1-9-6-15-12(19-9)8-16-7-10-4-3-5-11(10)13(16)14(17)18-2/h6,10-11,13H,3-5,7-8H2,1-2H3/t10-,11-,13+/m1/s1. The zero-order chi connectivity index (χ0) is 13.4. The molecule has 2 fully saturated rings. The average Bonchev–Trinajstić information content (AvgIpc) is 3.05. The highest BCUT2D eigenvalue weighted by Crippen LogP contribution is 2.42. The van der Waals surface area contributed by atoms with E-state index >= 15 is 0 Å². The van der Waals surface area contributed by atoms with Crippen molar-refractivity contribution in [2.24, 2.45) is 11.8 Å². The average molecular weight is 264 g/mol. The van der Waals surface area contributed by atoms with Gasteiger partial charge in [-0.15, -0.1) is 0 Å². The van der Waals surface area contributed by atoms with E-state index in [0.29, 0.717) is 24.3 Å². The van der Waals surface area contributed by atoms with Crippen LogP contribution in [0.1, 0.15) is 30.9 Å². The van der Waals surface area contributed by atoms with Gasteiger partial charge >= 0.3 is 5.97 Å². The van der Waals surface area contributed by atoms with Gasteiger partial charge in [-0.25, -0.2) is 4.98 Å². The number of esters is 1. The van der Waals surface area contributed by atoms with Crippen LogP contribution >= 0.6 is 0 Å². The highest BCUT2D eigenvalue weighted by molar-refractivity contribution is 5.76. The number of oxazole rings is 1. The van der Waals surface area contributed by atoms with Crippen LogP contribution in [0.5, 0.6) is 0 Å². The Hall–Kier alpha value is -1.36. The van der Waals surface area contributed by atoms with Crippen molar-refractivity contribution in [3.05, 3.63) is 17.8 Å². The molecule has 0 aromatic carbocycles. The number of fused-ring (bicyclic) bond motifs is 1. The van der Waals surface area contributed by atoms with E-state index in [0.717, 1.165) is 18.7 Å². The number of aryl methyl sites for hydroxylation is 1. The largest absolute Gasteiger partial charge is 0.468 e. The first-order valence-corrected chi connectivity index (χ1v) is 6.92. The molecule has 1 aliphatic heterocycles. The molecule has 19 heavy (non-hydrogen) atoms. The van der Waals surface area contributed by atoms with Crippen molar-refractivity contribution < 1.29 is 13.9 Å². The van der Waals surface area contributed by atoms with Crippen LogP contribution < -0.4 is 0 Å². The number of methoxy groups -OCH3 is 1. The molecule has 1 aromatic heterocycles. The summed E-state index contributed by atoms with van der Waals surface area (Å²) >= 11 is 0. The van der Waals surface area contributed by atoms with Crippen molar-refractivity contribution in [3.8, 4) is 0 Å². The lowest BCUT2D eigenvalue weighted by Crippen LogP contribution is -2.40. The molecule has 3 rings (SSSR count). The molecule has 5 heteroatoms. The summed E-state index contributed by atoms with van der Waals surface area (Å²) < 4.78 is 10.5. The Kier molecular flexibility index (Phi) is 3.31. The van der Waals surface area contributed by atoms with Crippen LogP contribution in [-0.4, -0.2) is 35.5 Å². The van der Waals surface area contributed by atoms with Crippen molar-refractivity contribution in [1.29, 1.82) is 0 Å². The van der Waals surface area contributed by atoms with E-state index in [1.54, 1.807) is 6.20 Å². The topological polar surface area (TPSA) is 55.6 Å². The summed E-state index contributed by atoms with van der Waals surface area (Å²) in [5.74, 6) is 2.46. The van der Waals surface area contributed by atoms with Gasteiger partial charge in [0.05, 0.1) is 19.9 Å². The summed E-state index contributed by atoms with van der Waals surface area (Å²) in [6, 6.07) is -0.121. The van der Waals surface area contributed by atoms with Gasteiger partial charge in [0.1, 0.15) is 11.8 Å². The smallest absolute Gasteiger partial charge is 0.323 e. The predicted molar refractivity (Wildman–Crippen MR) is 68.3 cm³/mol. The first-order valence-electron chi connectivity index (χ1n) is 6.92. The lowest BCUT2D eigenvalue weighted by molar-refractivity contribution is -0.147. The highest BCUT2D eigenvalue weighted by Gasteiger charge is 2.48. The molecule has 1 saturated carbocycles. The third kappa shape index (κ3) is 2.27. The van der Waals surface area contributed by atoms with E-state index in [4.69, 9.17) is 9.15 Å². The third-order valence-corrected chi connectivity index (χ3v) is 4.44. The first-order chi connectivity index (χ1) is 9.19. The van der Waals surface area contributed by atoms with Gasteiger partial charge in [-0.05, 0) is 31.6 Å². The van der Waals surface area contributed by atoms with E-state index in [-0.39, 0.29) is 12.0 Å². The maximum absolute atomic E-state index is 12.0. The highest BCUT2D eigenvalue weighted by atomic mass is 16.5. The molecule has 5 nitrogen and oxygen atoms in total. The molecule has 1 aliphatic carbocycles. The molecule has 1 saturated heterocycles. The molecule has 0 bridgehead atoms. The van der Waals surface area contributed by atoms with Gasteiger partial charge in [0, 0.05) is 6.54 Å². The van der Waals surface area contributed by atoms with Gasteiger partial charge in [-0.1, -0.05) is 6.42 Å². The normalized spacial score (nSPS) is 30.5. The van der Waals surface area contributed by atoms with Crippen LogP contribution in [-0.2, 0) is 16.1 Å². The quantitative estimate of drug-likeness (QED) is 0.779. The van der Waals surface area contributed by atoms with E-state index in [9.17, 15) is 4.79 Å². The van der Waals surface area contributed by atoms with Crippen molar-refractivity contribution in [3.63, 3.8) is 0 Å². The maximum Gasteiger partial charge on any atom is 0.323 e. The van der Waals surface area contributed by atoms with Gasteiger partial charge in [0.2, 0.25) is 5.89 Å². The van der Waals surface area contributed by atoms with Gasteiger partial charge in [0.15, 0.2) is 0 Å². The van der Waals surface area contributed by atoms with E-state index in [1.165, 1.54) is 20.0 Å². The number of likely N-dealkylation sites (tertiary alicyclic amines) is 1. The summed E-state index contributed by atoms with van der Waals surface area (Å²) in [4.78, 5) is 18.5. The summed E-state index contributed by atoms with van der Waals surface area (Å²) in [5.41, 5.74) is 0. The molecular formula is C14H20N2O3. The molecule has 104 valence electrons. The lowest BCUT2D eigenvalue weighted by Gasteiger charge is -2.24. The molecule has 2 heterocycles. The lowest BCUT2D eigenvalue weighted by atomic mass is 9.94. The molecule has 3 atom stereocenters. The number of rotatable bonds is 3. The van der Waals surface area contributed by atoms with Crippen LogP contribution in [0.15, 0.2) is 10.6 Å². The summed E-state index contributed by atoms with van der Waals surface area (Å²) in [5, 5.41) is 0. The van der Waals surface area contributed by atoms with Crippen LogP contribution in [0.4, 0.5) is 0 Å². The molecular weight excluding hydrogens is 244 g/mol. The fraction of sp³-hybridized carbons (Fsp3) is 0.714. The van der Waals surface area contributed by atoms with Crippen LogP contribution in [0.3, 0.4) is 0 Å². The van der Waals surface area contributed by atoms with Gasteiger partial charge in [0.25, 0.3) is 0 Å². The zero-order valence-corrected chi connectivity index (χ0v) is 11.5. The summed E-state index contributed by atoms with van der Waals surface area (Å²) in [6.45, 7) is 3.43. The molecule has 0 N–H and O–H groups in total. The maximum atomic E-state index is 12.0. The van der Waals surface area contributed by atoms with Gasteiger partial charge in [-0.3, -0.25) is 9.69 Å². The van der Waals surface area contributed by atoms with E-state index < -0.39 is 0 Å². The first kappa shape index (κ1) is 12.7. The molecule has 0 unspecified atom stereocenters. The monoisotopic (exact) mass is 264 g/mol. The Morgan fingerprint density at radius 1 is 1.58 bits per heavy atom. The predicted octanol–water partition coefficient (Wildman–Crippen LogP) is 1.76. The second-order valence-electron chi connectivity index (χ2n) is 5.62. The third-order valence-electron chi connectivity index (χ3n) is 4.44. The van der Waals surface area contributed by atoms with Crippen molar-refractivity contribution in [2.75, 3.05) is 13.7 Å². The fourth-order valence-electron chi connectivity index (χ4n) is 3.65. The van der Waals surface area contributed by atoms with Crippen LogP contribution in [0.25, 0.3) is 0 Å². The minimum Gasteiger partial charge on any atom is -0.468 e. The van der Waals surface area contributed by atoms with Crippen molar-refractivity contribution in [2.45, 2.75) is 38.8 Å². The number of carbonyl (C=O) groups excluding carboxylic acids is 1. The van der Waals surface area contributed by atoms with Crippen molar-refractivity contribution >= 4 is 5.97 Å². The minimum atomic E-state index is -0.121. The number of nitrogens with zero attached hydrogens (tertiary/aromatic N) is 2. The van der Waals surface area contributed by atoms with Crippen LogP contribution in [0.2, 0.25) is 0 Å². The molecule has 0 radical (unpaired) electrons. The Balaban J connectivity index is 1.77. The summed E-state index contributed by atoms with van der Waals surface area (Å²) in [6.07, 6.45) is 5.30. The second-order valence-corrected chi connectivity index (χ2v) is 5.62. The molecule has 2 aliphatic rings. The number of ether oxygens (including phenoxy) is 1.